The molecule has 23 valence electrons. The zero-order valence-corrected chi connectivity index (χ0v) is 2.54. The fourth-order valence-corrected chi connectivity index (χ4v) is 0. The molecule has 0 saturated carbocycles. The molecular weight excluding hydrogens is 77.5 g/mol. The largest absolute Gasteiger partial charge is 0.332 e. The number of rotatable bonds is 0. The van der Waals surface area contributed by atoms with Gasteiger partial charge in [0.2, 0.25) is 0 Å². The van der Waals surface area contributed by atoms with Gasteiger partial charge in [0.05, 0.1) is 0 Å². The standard InChI is InChI=1S/CHClNO/c2-1(3)4/h3H. The minimum atomic E-state index is -1.11. The Balaban J connectivity index is 2.80. The van der Waals surface area contributed by atoms with Gasteiger partial charge in [0.25, 0.3) is 0 Å². The van der Waals surface area contributed by atoms with Crippen molar-refractivity contribution in [1.29, 1.82) is 0 Å². The first-order valence-electron chi connectivity index (χ1n) is 0.643. The molecule has 0 unspecified atom stereocenters. The third-order valence-corrected chi connectivity index (χ3v) is 0. The average molecular weight is 78.5 g/mol. The summed E-state index contributed by atoms with van der Waals surface area (Å²) in [4.78, 5) is 8.88. The van der Waals surface area contributed by atoms with Crippen molar-refractivity contribution in [2.45, 2.75) is 0 Å². The predicted octanol–water partition coefficient (Wildman–Crippen LogP) is 0.628. The molecule has 0 aromatic rings. The van der Waals surface area contributed by atoms with Gasteiger partial charge in [0.1, 0.15) is 0 Å². The lowest BCUT2D eigenvalue weighted by Crippen LogP contribution is -1.72. The minimum Gasteiger partial charge on any atom is -0.254 e. The second-order valence-corrected chi connectivity index (χ2v) is 0.617. The summed E-state index contributed by atoms with van der Waals surface area (Å²) < 4.78 is 0. The normalized spacial score (nSPS) is 6.25. The summed E-state index contributed by atoms with van der Waals surface area (Å²) in [5.41, 5.74) is 5.71. The molecule has 0 aromatic carbocycles. The lowest BCUT2D eigenvalue weighted by atomic mass is 11.5. The Hall–Kier alpha value is -0.240. The van der Waals surface area contributed by atoms with Crippen LogP contribution >= 0.6 is 11.6 Å². The number of halogens is 1. The third kappa shape index (κ3) is 17.6. The smallest absolute Gasteiger partial charge is 0.254 e. The van der Waals surface area contributed by atoms with Gasteiger partial charge in [-0.3, -0.25) is 10.5 Å². The van der Waals surface area contributed by atoms with E-state index in [2.05, 4.69) is 11.6 Å². The van der Waals surface area contributed by atoms with Crippen LogP contribution in [0.25, 0.3) is 0 Å². The van der Waals surface area contributed by atoms with E-state index in [1.165, 1.54) is 0 Å². The summed E-state index contributed by atoms with van der Waals surface area (Å²) in [6.07, 6.45) is 0. The van der Waals surface area contributed by atoms with Gasteiger partial charge in [-0.25, -0.2) is 0 Å². The van der Waals surface area contributed by atoms with Crippen LogP contribution in [0.15, 0.2) is 0 Å². The van der Waals surface area contributed by atoms with Crippen molar-refractivity contribution in [2.24, 2.45) is 0 Å². The van der Waals surface area contributed by atoms with Crippen LogP contribution in [0.2, 0.25) is 0 Å². The fraction of sp³-hybridized carbons (Fsp3) is 0. The molecule has 0 rings (SSSR count). The molecule has 0 heterocycles. The molecular formula is CHClNO. The quantitative estimate of drug-likeness (QED) is 0.309. The van der Waals surface area contributed by atoms with Crippen LogP contribution in [-0.2, 0) is 0 Å². The highest BCUT2D eigenvalue weighted by atomic mass is 35.5. The van der Waals surface area contributed by atoms with Crippen molar-refractivity contribution in [3.05, 3.63) is 0 Å². The zero-order valence-electron chi connectivity index (χ0n) is 1.79. The average Bonchev–Trinajstić information content (AvgIpc) is 0.811. The van der Waals surface area contributed by atoms with E-state index in [-0.39, 0.29) is 0 Å². The van der Waals surface area contributed by atoms with Gasteiger partial charge in [-0.05, 0) is 11.6 Å². The van der Waals surface area contributed by atoms with Gasteiger partial charge in [-0.2, -0.15) is 0 Å². The fourth-order valence-electron chi connectivity index (χ4n) is 0. The number of hydrogen-bond donors (Lipinski definition) is 0. The van der Waals surface area contributed by atoms with E-state index in [4.69, 9.17) is 10.5 Å². The van der Waals surface area contributed by atoms with Gasteiger partial charge in [0.15, 0.2) is 0 Å². The molecule has 1 amide bonds. The highest BCUT2D eigenvalue weighted by molar-refractivity contribution is 6.62. The molecule has 3 heteroatoms. The van der Waals surface area contributed by atoms with Crippen LogP contribution in [0.1, 0.15) is 0 Å². The Labute approximate surface area is 28.5 Å². The predicted molar refractivity (Wildman–Crippen MR) is 14.3 cm³/mol. The van der Waals surface area contributed by atoms with Crippen molar-refractivity contribution in [2.75, 3.05) is 0 Å². The summed E-state index contributed by atoms with van der Waals surface area (Å²) in [7, 11) is 0. The first kappa shape index (κ1) is 3.76. The second-order valence-electron chi connectivity index (χ2n) is 0.274. The lowest BCUT2D eigenvalue weighted by molar-refractivity contribution is 0.265. The number of carbonyl (C=O) groups excluding carboxylic acids is 1. The molecule has 0 aliphatic heterocycles. The first-order valence-corrected chi connectivity index (χ1v) is 1.02. The third-order valence-electron chi connectivity index (χ3n) is 0. The minimum absolute atomic E-state index is 1.11. The highest BCUT2D eigenvalue weighted by Gasteiger charge is 1.69. The maximum Gasteiger partial charge on any atom is 0.332 e. The van der Waals surface area contributed by atoms with Crippen LogP contribution < -0.4 is 5.73 Å². The Morgan fingerprint density at radius 2 is 2.00 bits per heavy atom. The molecule has 0 atom stereocenters. The van der Waals surface area contributed by atoms with E-state index < -0.39 is 5.37 Å². The van der Waals surface area contributed by atoms with Gasteiger partial charge in [-0.15, -0.1) is 0 Å². The lowest BCUT2D eigenvalue weighted by Gasteiger charge is -1.52. The van der Waals surface area contributed by atoms with Crippen LogP contribution in [0.5, 0.6) is 0 Å². The Morgan fingerprint density at radius 3 is 2.00 bits per heavy atom. The maximum atomic E-state index is 8.88. The monoisotopic (exact) mass is 78.0 g/mol. The van der Waals surface area contributed by atoms with Crippen molar-refractivity contribution in [3.63, 3.8) is 0 Å². The van der Waals surface area contributed by atoms with E-state index in [0.29, 0.717) is 0 Å². The van der Waals surface area contributed by atoms with E-state index in [1.807, 2.05) is 0 Å². The van der Waals surface area contributed by atoms with Crippen molar-refractivity contribution in [3.8, 4) is 0 Å². The highest BCUT2D eigenvalue weighted by Crippen LogP contribution is 1.66. The molecule has 1 N–H and O–H groups in total. The van der Waals surface area contributed by atoms with Crippen molar-refractivity contribution >= 4 is 17.0 Å². The van der Waals surface area contributed by atoms with Crippen LogP contribution in [0.4, 0.5) is 4.79 Å². The molecule has 0 fully saturated rings. The Morgan fingerprint density at radius 1 is 2.00 bits per heavy atom. The number of carbonyl (C=O) groups is 1. The van der Waals surface area contributed by atoms with Crippen LogP contribution in [-0.4, -0.2) is 5.37 Å². The molecule has 0 saturated heterocycles. The van der Waals surface area contributed by atoms with Gasteiger partial charge >= 0.3 is 5.37 Å². The van der Waals surface area contributed by atoms with Gasteiger partial charge in [-0.1, -0.05) is 0 Å². The molecule has 0 aliphatic carbocycles. The van der Waals surface area contributed by atoms with Crippen LogP contribution in [0.3, 0.4) is 0 Å². The summed E-state index contributed by atoms with van der Waals surface area (Å²) in [6.45, 7) is 0. The molecule has 1 radical (unpaired) electrons. The summed E-state index contributed by atoms with van der Waals surface area (Å²) in [6, 6.07) is 0. The molecule has 0 spiro atoms. The summed E-state index contributed by atoms with van der Waals surface area (Å²) in [5, 5.41) is -1.11. The van der Waals surface area contributed by atoms with Gasteiger partial charge < -0.3 is 0 Å². The molecule has 0 bridgehead atoms. The molecule has 2 nitrogen and oxygen atoms in total. The van der Waals surface area contributed by atoms with E-state index in [1.54, 1.807) is 0 Å². The Kier molecular flexibility index (Phi) is 1.05. The maximum absolute atomic E-state index is 8.88. The Bertz CT molecular complexity index is 31.0. The number of amides is 1. The number of nitrogens with one attached hydrogen (secondary N) is 1. The topological polar surface area (TPSA) is 40.9 Å². The van der Waals surface area contributed by atoms with E-state index in [9.17, 15) is 0 Å². The van der Waals surface area contributed by atoms with Gasteiger partial charge in [0, 0.05) is 0 Å². The van der Waals surface area contributed by atoms with Crippen molar-refractivity contribution < 1.29 is 4.79 Å². The van der Waals surface area contributed by atoms with E-state index >= 15 is 0 Å². The second kappa shape index (κ2) is 1.12. The molecule has 0 aromatic heterocycles. The first-order chi connectivity index (χ1) is 1.73. The number of hydrogen-bond acceptors (Lipinski definition) is 1. The summed E-state index contributed by atoms with van der Waals surface area (Å²) >= 11 is 4.30. The van der Waals surface area contributed by atoms with E-state index in [0.717, 1.165) is 0 Å². The SMILES string of the molecule is [NH]C(=O)Cl. The zero-order chi connectivity index (χ0) is 3.58. The molecule has 4 heavy (non-hydrogen) atoms. The van der Waals surface area contributed by atoms with Crippen molar-refractivity contribution in [1.82, 2.24) is 5.73 Å². The summed E-state index contributed by atoms with van der Waals surface area (Å²) in [5.74, 6) is 0. The molecule has 0 aliphatic rings. The van der Waals surface area contributed by atoms with Crippen LogP contribution in [0, 0.1) is 0 Å².